The minimum Gasteiger partial charge on any atom is -0.465 e. The van der Waals surface area contributed by atoms with Gasteiger partial charge in [0.05, 0.1) is 37.0 Å². The van der Waals surface area contributed by atoms with Crippen molar-refractivity contribution in [3.8, 4) is 11.8 Å². The molecule has 1 aromatic heterocycles. The molecule has 3 aliphatic rings. The van der Waals surface area contributed by atoms with Gasteiger partial charge in [-0.3, -0.25) is 4.79 Å². The second-order valence-electron chi connectivity index (χ2n) is 11.1. The van der Waals surface area contributed by atoms with Crippen LogP contribution < -0.4 is 4.90 Å². The maximum Gasteiger partial charge on any atom is 0.350 e. The van der Waals surface area contributed by atoms with Crippen molar-refractivity contribution in [2.75, 3.05) is 25.2 Å². The summed E-state index contributed by atoms with van der Waals surface area (Å²) in [4.78, 5) is 30.0. The zero-order valence-corrected chi connectivity index (χ0v) is 22.4. The van der Waals surface area contributed by atoms with E-state index >= 15 is 0 Å². The fourth-order valence-corrected chi connectivity index (χ4v) is 6.08. The molecule has 7 heteroatoms. The van der Waals surface area contributed by atoms with Crippen molar-refractivity contribution in [3.05, 3.63) is 15.8 Å². The van der Waals surface area contributed by atoms with Gasteiger partial charge < -0.3 is 19.1 Å². The van der Waals surface area contributed by atoms with Crippen LogP contribution in [-0.2, 0) is 19.0 Å². The van der Waals surface area contributed by atoms with Gasteiger partial charge in [0.25, 0.3) is 0 Å². The van der Waals surface area contributed by atoms with Crippen LogP contribution in [0.25, 0.3) is 0 Å². The van der Waals surface area contributed by atoms with Crippen molar-refractivity contribution in [1.82, 2.24) is 0 Å². The predicted molar refractivity (Wildman–Crippen MR) is 138 cm³/mol. The number of ether oxygens (including phenoxy) is 3. The number of rotatable bonds is 6. The van der Waals surface area contributed by atoms with E-state index in [4.69, 9.17) is 14.2 Å². The highest BCUT2D eigenvalue weighted by molar-refractivity contribution is 7.15. The summed E-state index contributed by atoms with van der Waals surface area (Å²) in [5.41, 5.74) is 0.518. The summed E-state index contributed by atoms with van der Waals surface area (Å²) in [7, 11) is 1.40. The van der Waals surface area contributed by atoms with Crippen molar-refractivity contribution < 1.29 is 23.8 Å². The van der Waals surface area contributed by atoms with Crippen molar-refractivity contribution in [3.63, 3.8) is 0 Å². The standard InChI is InChI=1S/C28H39NO5S/c1-28(2,3)15-14-23-16-24(25(35-23)27(31)32-4)29(26(30)19-8-6-5-7-9-19)20-10-12-21(13-11-20)34-22-17-33-18-22/h16,19-22H,5-13,17-18H2,1-4H3. The van der Waals surface area contributed by atoms with Gasteiger partial charge in [0.1, 0.15) is 11.0 Å². The lowest BCUT2D eigenvalue weighted by Gasteiger charge is -2.40. The van der Waals surface area contributed by atoms with Gasteiger partial charge in [-0.25, -0.2) is 4.79 Å². The zero-order chi connectivity index (χ0) is 25.0. The molecule has 0 N–H and O–H groups in total. The maximum absolute atomic E-state index is 14.0. The summed E-state index contributed by atoms with van der Waals surface area (Å²) in [5, 5.41) is 0. The molecular weight excluding hydrogens is 462 g/mol. The van der Waals surface area contributed by atoms with Crippen LogP contribution in [0, 0.1) is 23.2 Å². The molecular formula is C28H39NO5S. The van der Waals surface area contributed by atoms with Gasteiger partial charge in [0, 0.05) is 17.4 Å². The normalized spacial score (nSPS) is 23.7. The largest absolute Gasteiger partial charge is 0.465 e. The molecule has 6 nitrogen and oxygen atoms in total. The molecule has 2 aliphatic carbocycles. The van der Waals surface area contributed by atoms with Crippen molar-refractivity contribution in [1.29, 1.82) is 0 Å². The van der Waals surface area contributed by atoms with E-state index < -0.39 is 5.97 Å². The van der Waals surface area contributed by atoms with E-state index in [0.717, 1.165) is 56.2 Å². The molecule has 0 unspecified atom stereocenters. The lowest BCUT2D eigenvalue weighted by Crippen LogP contribution is -2.48. The molecule has 1 aliphatic heterocycles. The number of carbonyl (C=O) groups excluding carboxylic acids is 2. The number of amides is 1. The zero-order valence-electron chi connectivity index (χ0n) is 21.6. The lowest BCUT2D eigenvalue weighted by atomic mass is 9.86. The van der Waals surface area contributed by atoms with Crippen LogP contribution in [0.4, 0.5) is 5.69 Å². The molecule has 1 aromatic rings. The van der Waals surface area contributed by atoms with Gasteiger partial charge in [-0.15, -0.1) is 11.3 Å². The Bertz CT molecular complexity index is 950. The summed E-state index contributed by atoms with van der Waals surface area (Å²) in [6, 6.07) is 1.98. The molecule has 4 rings (SSSR count). The quantitative estimate of drug-likeness (QED) is 0.377. The topological polar surface area (TPSA) is 65.1 Å². The molecule has 0 bridgehead atoms. The third kappa shape index (κ3) is 6.67. The van der Waals surface area contributed by atoms with E-state index in [9.17, 15) is 9.59 Å². The number of methoxy groups -OCH3 is 1. The SMILES string of the molecule is COC(=O)c1sc(C#CC(C)(C)C)cc1N(C(=O)C1CCCCC1)C1CCC(OC2COC2)CC1. The number of nitrogens with zero attached hydrogens (tertiary/aromatic N) is 1. The average Bonchev–Trinajstić information content (AvgIpc) is 3.24. The third-order valence-corrected chi connectivity index (χ3v) is 8.12. The van der Waals surface area contributed by atoms with Gasteiger partial charge in [0.2, 0.25) is 5.91 Å². The van der Waals surface area contributed by atoms with Crippen LogP contribution in [-0.4, -0.2) is 50.4 Å². The van der Waals surface area contributed by atoms with Crippen molar-refractivity contribution in [2.45, 2.75) is 96.8 Å². The Morgan fingerprint density at radius 2 is 1.71 bits per heavy atom. The van der Waals surface area contributed by atoms with Crippen molar-refractivity contribution in [2.24, 2.45) is 11.3 Å². The first-order valence-electron chi connectivity index (χ1n) is 13.1. The first kappa shape index (κ1) is 26.2. The van der Waals surface area contributed by atoms with Crippen LogP contribution in [0.2, 0.25) is 0 Å². The third-order valence-electron chi connectivity index (χ3n) is 7.10. The number of hydrogen-bond donors (Lipinski definition) is 0. The number of carbonyl (C=O) groups is 2. The summed E-state index contributed by atoms with van der Waals surface area (Å²) >= 11 is 1.33. The summed E-state index contributed by atoms with van der Waals surface area (Å²) < 4.78 is 16.5. The number of thiophene rings is 1. The fourth-order valence-electron chi connectivity index (χ4n) is 5.16. The van der Waals surface area contributed by atoms with Crippen LogP contribution in [0.1, 0.15) is 93.1 Å². The molecule has 35 heavy (non-hydrogen) atoms. The first-order chi connectivity index (χ1) is 16.7. The second kappa shape index (κ2) is 11.5. The highest BCUT2D eigenvalue weighted by Crippen LogP contribution is 2.39. The Morgan fingerprint density at radius 3 is 2.29 bits per heavy atom. The molecule has 1 saturated heterocycles. The average molecular weight is 502 g/mol. The number of anilines is 1. The minimum absolute atomic E-state index is 0.0133. The Balaban J connectivity index is 1.63. The van der Waals surface area contributed by atoms with Crippen LogP contribution in [0.5, 0.6) is 0 Å². The lowest BCUT2D eigenvalue weighted by molar-refractivity contribution is -0.160. The van der Waals surface area contributed by atoms with E-state index in [0.29, 0.717) is 23.8 Å². The molecule has 0 aromatic carbocycles. The molecule has 1 amide bonds. The van der Waals surface area contributed by atoms with E-state index in [2.05, 4.69) is 32.6 Å². The van der Waals surface area contributed by atoms with Crippen LogP contribution >= 0.6 is 11.3 Å². The van der Waals surface area contributed by atoms with E-state index in [-0.39, 0.29) is 35.5 Å². The summed E-state index contributed by atoms with van der Waals surface area (Å²) in [6.45, 7) is 7.55. The van der Waals surface area contributed by atoms with E-state index in [1.807, 2.05) is 11.0 Å². The summed E-state index contributed by atoms with van der Waals surface area (Å²) in [6.07, 6.45) is 9.16. The second-order valence-corrected chi connectivity index (χ2v) is 12.1. The predicted octanol–water partition coefficient (Wildman–Crippen LogP) is 5.57. The molecule has 0 atom stereocenters. The Kier molecular flexibility index (Phi) is 8.57. The fraction of sp³-hybridized carbons (Fsp3) is 0.714. The Labute approximate surface area is 213 Å². The Hall–Kier alpha value is -1.88. The molecule has 2 heterocycles. The number of hydrogen-bond acceptors (Lipinski definition) is 6. The number of esters is 1. The summed E-state index contributed by atoms with van der Waals surface area (Å²) in [5.74, 6) is 6.25. The highest BCUT2D eigenvalue weighted by Gasteiger charge is 2.38. The smallest absolute Gasteiger partial charge is 0.350 e. The molecule has 192 valence electrons. The monoisotopic (exact) mass is 501 g/mol. The van der Waals surface area contributed by atoms with Crippen molar-refractivity contribution >= 4 is 28.9 Å². The van der Waals surface area contributed by atoms with Gasteiger partial charge in [-0.1, -0.05) is 31.1 Å². The van der Waals surface area contributed by atoms with Gasteiger partial charge in [-0.05, 0) is 65.4 Å². The van der Waals surface area contributed by atoms with E-state index in [1.165, 1.54) is 24.9 Å². The van der Waals surface area contributed by atoms with Crippen LogP contribution in [0.3, 0.4) is 0 Å². The molecule has 0 spiro atoms. The minimum atomic E-state index is -0.405. The van der Waals surface area contributed by atoms with E-state index in [1.54, 1.807) is 0 Å². The molecule has 3 fully saturated rings. The first-order valence-corrected chi connectivity index (χ1v) is 13.9. The molecule has 2 saturated carbocycles. The molecule has 0 radical (unpaired) electrons. The Morgan fingerprint density at radius 1 is 1.03 bits per heavy atom. The van der Waals surface area contributed by atoms with Crippen LogP contribution in [0.15, 0.2) is 6.07 Å². The van der Waals surface area contributed by atoms with Gasteiger partial charge in [-0.2, -0.15) is 0 Å². The maximum atomic E-state index is 14.0. The highest BCUT2D eigenvalue weighted by atomic mass is 32.1. The van der Waals surface area contributed by atoms with Gasteiger partial charge in [0.15, 0.2) is 0 Å². The van der Waals surface area contributed by atoms with Gasteiger partial charge >= 0.3 is 5.97 Å².